The molecule has 6 aliphatic rings. The Morgan fingerprint density at radius 2 is 0.965 bits per heavy atom. The lowest BCUT2D eigenvalue weighted by atomic mass is 9.32. The smallest absolute Gasteiger partial charge is 0.252 e. The minimum absolute atomic E-state index is 0.0162. The van der Waals surface area contributed by atoms with Crippen LogP contribution < -0.4 is 26.2 Å². The minimum atomic E-state index is 0.0162. The Morgan fingerprint density at radius 3 is 1.61 bits per heavy atom. The summed E-state index contributed by atoms with van der Waals surface area (Å²) in [6, 6.07) is 55.9. The summed E-state index contributed by atoms with van der Waals surface area (Å²) in [4.78, 5) is 11.3. The van der Waals surface area contributed by atoms with E-state index >= 15 is 0 Å². The summed E-state index contributed by atoms with van der Waals surface area (Å²) in [5.41, 5.74) is 21.7. The number of nitrogens with zero attached hydrogens (tertiary/aromatic N) is 3. The van der Waals surface area contributed by atoms with E-state index in [1.165, 1.54) is 140 Å². The second kappa shape index (κ2) is 10.8. The summed E-state index contributed by atoms with van der Waals surface area (Å²) in [5, 5.41) is 3.67. The minimum Gasteiger partial charge on any atom is -0.311 e. The first-order valence-corrected chi connectivity index (χ1v) is 21.3. The fraction of sp³-hybridized carbons (Fsp3) is 0.189. The zero-order valence-electron chi connectivity index (χ0n) is 31.9. The maximum Gasteiger partial charge on any atom is 0.252 e. The van der Waals surface area contributed by atoms with Gasteiger partial charge in [-0.15, -0.1) is 0 Å². The monoisotopic (exact) mass is 729 g/mol. The fourth-order valence-electron chi connectivity index (χ4n) is 13.1. The number of para-hydroxylation sites is 4. The van der Waals surface area contributed by atoms with Crippen LogP contribution in [0.25, 0.3) is 32.9 Å². The summed E-state index contributed by atoms with van der Waals surface area (Å²) < 4.78 is 0. The molecule has 2 fully saturated rings. The van der Waals surface area contributed by atoms with Crippen LogP contribution in [-0.2, 0) is 10.8 Å². The van der Waals surface area contributed by atoms with Crippen molar-refractivity contribution in [2.45, 2.75) is 62.2 Å². The van der Waals surface area contributed by atoms with Crippen molar-refractivity contribution in [2.75, 3.05) is 9.80 Å². The number of fused-ring (bicyclic) bond motifs is 16. The van der Waals surface area contributed by atoms with E-state index in [2.05, 4.69) is 155 Å². The molecule has 270 valence electrons. The van der Waals surface area contributed by atoms with Crippen LogP contribution in [0.1, 0.15) is 73.6 Å². The predicted octanol–water partition coefficient (Wildman–Crippen LogP) is 11.5. The van der Waals surface area contributed by atoms with Crippen molar-refractivity contribution >= 4 is 78.9 Å². The summed E-state index contributed by atoms with van der Waals surface area (Å²) in [5.74, 6) is 0. The Balaban J connectivity index is 1.20. The van der Waals surface area contributed by atoms with E-state index in [9.17, 15) is 0 Å². The maximum absolute atomic E-state index is 5.89. The van der Waals surface area contributed by atoms with Crippen LogP contribution in [0.2, 0.25) is 0 Å². The zero-order chi connectivity index (χ0) is 37.0. The van der Waals surface area contributed by atoms with Gasteiger partial charge in [0.15, 0.2) is 0 Å². The van der Waals surface area contributed by atoms with E-state index in [-0.39, 0.29) is 17.5 Å². The molecule has 7 aromatic carbocycles. The Kier molecular flexibility index (Phi) is 5.89. The third kappa shape index (κ3) is 3.65. The molecule has 0 N–H and O–H groups in total. The summed E-state index contributed by atoms with van der Waals surface area (Å²) >= 11 is 0. The molecule has 0 atom stereocenters. The van der Waals surface area contributed by atoms with Gasteiger partial charge in [-0.1, -0.05) is 153 Å². The topological polar surface area (TPSA) is 19.4 Å². The highest BCUT2D eigenvalue weighted by Gasteiger charge is 2.55. The van der Waals surface area contributed by atoms with Crippen molar-refractivity contribution in [3.8, 4) is 11.3 Å². The molecular formula is C53H40BN3. The Bertz CT molecular complexity index is 3050. The lowest BCUT2D eigenvalue weighted by Gasteiger charge is -2.52. The standard InChI is InChI=1S/C53H40BN3/c1-2-16-33(17-3-1)47-35-19-5-4-18-34(35)36-32-45-46-51(48(36)55-47)57-44-27-9-7-21-38(44)53(30-12-13-31-53)40-23-15-25-42(50(40)57)54(46)41-24-14-22-39-49(41)56(45)43-26-8-6-20-37(43)52(39)28-10-11-29-52/h1-9,14-27,32H,10-13,28-31H2. The van der Waals surface area contributed by atoms with Gasteiger partial charge in [0.05, 0.1) is 28.3 Å². The van der Waals surface area contributed by atoms with Crippen molar-refractivity contribution in [1.29, 1.82) is 0 Å². The predicted molar refractivity (Wildman–Crippen MR) is 237 cm³/mol. The molecule has 4 heteroatoms. The van der Waals surface area contributed by atoms with Crippen molar-refractivity contribution in [3.05, 3.63) is 168 Å². The van der Waals surface area contributed by atoms with Crippen molar-refractivity contribution in [1.82, 2.24) is 4.98 Å². The first-order chi connectivity index (χ1) is 28.3. The number of aromatic nitrogens is 1. The van der Waals surface area contributed by atoms with Gasteiger partial charge in [-0.2, -0.15) is 0 Å². The number of anilines is 6. The van der Waals surface area contributed by atoms with Gasteiger partial charge >= 0.3 is 0 Å². The van der Waals surface area contributed by atoms with Crippen LogP contribution in [-0.4, -0.2) is 11.7 Å². The van der Waals surface area contributed by atoms with Crippen molar-refractivity contribution in [2.24, 2.45) is 0 Å². The molecule has 0 amide bonds. The van der Waals surface area contributed by atoms with E-state index in [0.29, 0.717) is 0 Å². The first-order valence-electron chi connectivity index (χ1n) is 21.3. The summed E-state index contributed by atoms with van der Waals surface area (Å²) in [7, 11) is 0. The van der Waals surface area contributed by atoms with Crippen LogP contribution in [0.3, 0.4) is 0 Å². The molecular weight excluding hydrogens is 689 g/mol. The second-order valence-electron chi connectivity index (χ2n) is 17.6. The quantitative estimate of drug-likeness (QED) is 0.124. The summed E-state index contributed by atoms with van der Waals surface area (Å²) in [6.45, 7) is 0.0812. The van der Waals surface area contributed by atoms with Gasteiger partial charge in [0.2, 0.25) is 0 Å². The van der Waals surface area contributed by atoms with Crippen LogP contribution >= 0.6 is 0 Å². The lowest BCUT2D eigenvalue weighted by Crippen LogP contribution is -2.63. The number of benzene rings is 7. The molecule has 0 unspecified atom stereocenters. The Labute approximate surface area is 333 Å². The molecule has 0 saturated heterocycles. The van der Waals surface area contributed by atoms with Gasteiger partial charge in [-0.05, 0) is 87.9 Å². The summed E-state index contributed by atoms with van der Waals surface area (Å²) in [6.07, 6.45) is 9.89. The maximum atomic E-state index is 5.89. The van der Waals surface area contributed by atoms with Gasteiger partial charge in [-0.25, -0.2) is 4.98 Å². The van der Waals surface area contributed by atoms with E-state index < -0.39 is 0 Å². The van der Waals surface area contributed by atoms with Crippen LogP contribution in [0.4, 0.5) is 34.1 Å². The average Bonchev–Trinajstić information content (AvgIpc) is 3.98. The molecule has 8 aromatic rings. The SMILES string of the molecule is c1ccc(-c2nc3c4c5c(cc3c3ccccc23)N2c3ccccc3C3(CCCC3)c3cccc(c32)B5c2cccc3c2N4c2ccccc2C32CCCC2)cc1. The van der Waals surface area contributed by atoms with E-state index in [1.807, 2.05) is 0 Å². The highest BCUT2D eigenvalue weighted by Crippen LogP contribution is 2.62. The fourth-order valence-corrected chi connectivity index (χ4v) is 13.1. The largest absolute Gasteiger partial charge is 0.311 e. The Morgan fingerprint density at radius 1 is 0.439 bits per heavy atom. The molecule has 2 saturated carbocycles. The van der Waals surface area contributed by atoms with Crippen molar-refractivity contribution < 1.29 is 0 Å². The third-order valence-corrected chi connectivity index (χ3v) is 15.3. The molecule has 2 aliphatic carbocycles. The lowest BCUT2D eigenvalue weighted by molar-refractivity contribution is 0.530. The number of rotatable bonds is 1. The normalized spacial score (nSPS) is 18.1. The van der Waals surface area contributed by atoms with E-state index in [4.69, 9.17) is 4.98 Å². The molecule has 2 spiro atoms. The Hall–Kier alpha value is -6.13. The number of hydrogen-bond donors (Lipinski definition) is 0. The second-order valence-corrected chi connectivity index (χ2v) is 17.6. The molecule has 3 nitrogen and oxygen atoms in total. The number of pyridine rings is 1. The van der Waals surface area contributed by atoms with Gasteiger partial charge < -0.3 is 9.80 Å². The molecule has 4 aliphatic heterocycles. The van der Waals surface area contributed by atoms with Gasteiger partial charge in [0.25, 0.3) is 6.71 Å². The molecule has 5 heterocycles. The molecule has 0 bridgehead atoms. The first kappa shape index (κ1) is 31.0. The van der Waals surface area contributed by atoms with Gasteiger partial charge in [-0.3, -0.25) is 0 Å². The molecule has 1 aromatic heterocycles. The molecule has 0 radical (unpaired) electrons. The van der Waals surface area contributed by atoms with Crippen LogP contribution in [0.15, 0.2) is 146 Å². The third-order valence-electron chi connectivity index (χ3n) is 15.3. The highest BCUT2D eigenvalue weighted by molar-refractivity contribution is 7.00. The van der Waals surface area contributed by atoms with Gasteiger partial charge in [0.1, 0.15) is 0 Å². The van der Waals surface area contributed by atoms with E-state index in [1.54, 1.807) is 0 Å². The van der Waals surface area contributed by atoms with E-state index in [0.717, 1.165) is 16.8 Å². The molecule has 57 heavy (non-hydrogen) atoms. The molecule has 14 rings (SSSR count). The zero-order valence-corrected chi connectivity index (χ0v) is 31.9. The van der Waals surface area contributed by atoms with Crippen molar-refractivity contribution in [3.63, 3.8) is 0 Å². The van der Waals surface area contributed by atoms with Gasteiger partial charge in [0, 0.05) is 44.2 Å². The highest BCUT2D eigenvalue weighted by atomic mass is 15.2. The van der Waals surface area contributed by atoms with Crippen LogP contribution in [0.5, 0.6) is 0 Å². The van der Waals surface area contributed by atoms with Crippen LogP contribution in [0, 0.1) is 0 Å². The average molecular weight is 730 g/mol. The number of hydrogen-bond acceptors (Lipinski definition) is 3.